The van der Waals surface area contributed by atoms with E-state index in [-0.39, 0.29) is 5.91 Å². The van der Waals surface area contributed by atoms with E-state index >= 15 is 0 Å². The summed E-state index contributed by atoms with van der Waals surface area (Å²) in [4.78, 5) is 17.1. The fourth-order valence-corrected chi connectivity index (χ4v) is 3.17. The van der Waals surface area contributed by atoms with Gasteiger partial charge in [-0.05, 0) is 19.9 Å². The van der Waals surface area contributed by atoms with E-state index in [1.807, 2.05) is 19.9 Å². The molecule has 1 amide bonds. The molecule has 0 unspecified atom stereocenters. The van der Waals surface area contributed by atoms with Crippen LogP contribution < -0.4 is 0 Å². The molecular formula is C12H19N3O3S. The van der Waals surface area contributed by atoms with Gasteiger partial charge < -0.3 is 9.88 Å². The zero-order valence-electron chi connectivity index (χ0n) is 11.4. The number of amides is 1. The lowest BCUT2D eigenvalue weighted by Crippen LogP contribution is -2.50. The minimum absolute atomic E-state index is 0.0324. The van der Waals surface area contributed by atoms with Crippen molar-refractivity contribution in [2.24, 2.45) is 0 Å². The van der Waals surface area contributed by atoms with Gasteiger partial charge in [0.25, 0.3) is 5.91 Å². The molecule has 2 heterocycles. The Labute approximate surface area is 113 Å². The van der Waals surface area contributed by atoms with Crippen LogP contribution in [-0.2, 0) is 10.0 Å². The molecule has 0 bridgehead atoms. The van der Waals surface area contributed by atoms with E-state index in [4.69, 9.17) is 0 Å². The number of nitrogens with one attached hydrogen (secondary N) is 1. The molecule has 0 radical (unpaired) electrons. The van der Waals surface area contributed by atoms with Crippen LogP contribution in [0.25, 0.3) is 0 Å². The summed E-state index contributed by atoms with van der Waals surface area (Å²) in [5.74, 6) is -0.0324. The third kappa shape index (κ3) is 2.98. The van der Waals surface area contributed by atoms with Crippen molar-refractivity contribution in [3.63, 3.8) is 0 Å². The summed E-state index contributed by atoms with van der Waals surface area (Å²) in [5, 5.41) is 0. The van der Waals surface area contributed by atoms with Crippen LogP contribution >= 0.6 is 0 Å². The molecule has 1 aromatic rings. The molecule has 1 aliphatic heterocycles. The molecule has 0 saturated carbocycles. The van der Waals surface area contributed by atoms with Crippen LogP contribution in [-0.4, -0.2) is 60.9 Å². The molecule has 1 aromatic heterocycles. The number of carbonyl (C=O) groups excluding carboxylic acids is 1. The maximum absolute atomic E-state index is 12.3. The average molecular weight is 285 g/mol. The van der Waals surface area contributed by atoms with Gasteiger partial charge in [-0.3, -0.25) is 4.79 Å². The highest BCUT2D eigenvalue weighted by Gasteiger charge is 2.27. The normalized spacial score (nSPS) is 17.7. The molecule has 6 nitrogen and oxygen atoms in total. The summed E-state index contributed by atoms with van der Waals surface area (Å²) in [5.41, 5.74) is 2.48. The summed E-state index contributed by atoms with van der Waals surface area (Å²) in [6, 6.07) is 1.83. The average Bonchev–Trinajstić information content (AvgIpc) is 2.66. The van der Waals surface area contributed by atoms with Crippen LogP contribution in [0.5, 0.6) is 0 Å². The Hall–Kier alpha value is -1.34. The molecule has 7 heteroatoms. The third-order valence-electron chi connectivity index (χ3n) is 3.37. The van der Waals surface area contributed by atoms with E-state index in [1.54, 1.807) is 4.90 Å². The van der Waals surface area contributed by atoms with Crippen LogP contribution in [0, 0.1) is 13.8 Å². The summed E-state index contributed by atoms with van der Waals surface area (Å²) in [7, 11) is -3.15. The Morgan fingerprint density at radius 3 is 2.21 bits per heavy atom. The first-order chi connectivity index (χ1) is 8.79. The zero-order chi connectivity index (χ0) is 14.2. The number of carbonyl (C=O) groups is 1. The van der Waals surface area contributed by atoms with Gasteiger partial charge in [0.1, 0.15) is 0 Å². The van der Waals surface area contributed by atoms with Crippen molar-refractivity contribution in [2.45, 2.75) is 13.8 Å². The van der Waals surface area contributed by atoms with E-state index in [9.17, 15) is 13.2 Å². The molecule has 0 atom stereocenters. The first-order valence-corrected chi connectivity index (χ1v) is 8.04. The highest BCUT2D eigenvalue weighted by molar-refractivity contribution is 7.88. The monoisotopic (exact) mass is 285 g/mol. The Kier molecular flexibility index (Phi) is 3.69. The number of hydrogen-bond acceptors (Lipinski definition) is 3. The van der Waals surface area contributed by atoms with E-state index in [0.717, 1.165) is 11.4 Å². The maximum atomic E-state index is 12.3. The van der Waals surface area contributed by atoms with Crippen molar-refractivity contribution in [3.05, 3.63) is 23.0 Å². The van der Waals surface area contributed by atoms with E-state index in [2.05, 4.69) is 4.98 Å². The number of rotatable bonds is 2. The molecule has 1 aliphatic rings. The Bertz CT molecular complexity index is 583. The van der Waals surface area contributed by atoms with Gasteiger partial charge in [-0.15, -0.1) is 0 Å². The van der Waals surface area contributed by atoms with Crippen molar-refractivity contribution in [2.75, 3.05) is 32.4 Å². The zero-order valence-corrected chi connectivity index (χ0v) is 12.2. The van der Waals surface area contributed by atoms with Crippen molar-refractivity contribution in [1.29, 1.82) is 0 Å². The summed E-state index contributed by atoms with van der Waals surface area (Å²) in [6.07, 6.45) is 1.20. The number of hydrogen-bond donors (Lipinski definition) is 1. The second kappa shape index (κ2) is 4.97. The standard InChI is InChI=1S/C12H19N3O3S/c1-9-8-11(10(2)13-9)12(16)14-4-6-15(7-5-14)19(3,17)18/h8,13H,4-7H2,1-3H3. The molecule has 2 rings (SSSR count). The highest BCUT2D eigenvalue weighted by Crippen LogP contribution is 2.15. The second-order valence-electron chi connectivity index (χ2n) is 4.95. The topological polar surface area (TPSA) is 73.5 Å². The fourth-order valence-electron chi connectivity index (χ4n) is 2.34. The molecule has 1 N–H and O–H groups in total. The fraction of sp³-hybridized carbons (Fsp3) is 0.583. The largest absolute Gasteiger partial charge is 0.362 e. The molecule has 1 fully saturated rings. The van der Waals surface area contributed by atoms with Gasteiger partial charge in [-0.25, -0.2) is 8.42 Å². The SMILES string of the molecule is Cc1cc(C(=O)N2CCN(S(C)(=O)=O)CC2)c(C)[nH]1. The third-order valence-corrected chi connectivity index (χ3v) is 4.68. The first-order valence-electron chi connectivity index (χ1n) is 6.19. The number of aromatic nitrogens is 1. The van der Waals surface area contributed by atoms with Gasteiger partial charge in [0, 0.05) is 37.6 Å². The van der Waals surface area contributed by atoms with Crippen molar-refractivity contribution in [3.8, 4) is 0 Å². The van der Waals surface area contributed by atoms with E-state index in [0.29, 0.717) is 31.7 Å². The van der Waals surface area contributed by atoms with Crippen LogP contribution in [0.3, 0.4) is 0 Å². The maximum Gasteiger partial charge on any atom is 0.255 e. The Balaban J connectivity index is 2.06. The number of aryl methyl sites for hydroxylation is 2. The highest BCUT2D eigenvalue weighted by atomic mass is 32.2. The summed E-state index contributed by atoms with van der Waals surface area (Å²) < 4.78 is 24.2. The van der Waals surface area contributed by atoms with Gasteiger partial charge in [0.05, 0.1) is 11.8 Å². The molecule has 0 aliphatic carbocycles. The van der Waals surface area contributed by atoms with Crippen molar-refractivity contribution >= 4 is 15.9 Å². The first kappa shape index (κ1) is 14.1. The molecular weight excluding hydrogens is 266 g/mol. The minimum Gasteiger partial charge on any atom is -0.362 e. The molecule has 0 aromatic carbocycles. The van der Waals surface area contributed by atoms with Gasteiger partial charge in [-0.2, -0.15) is 4.31 Å². The van der Waals surface area contributed by atoms with Crippen LogP contribution in [0.2, 0.25) is 0 Å². The van der Waals surface area contributed by atoms with E-state index < -0.39 is 10.0 Å². The molecule has 1 saturated heterocycles. The van der Waals surface area contributed by atoms with Crippen molar-refractivity contribution < 1.29 is 13.2 Å². The number of aromatic amines is 1. The second-order valence-corrected chi connectivity index (χ2v) is 6.93. The lowest BCUT2D eigenvalue weighted by molar-refractivity contribution is 0.0697. The minimum atomic E-state index is -3.15. The van der Waals surface area contributed by atoms with Crippen LogP contribution in [0.4, 0.5) is 0 Å². The smallest absolute Gasteiger partial charge is 0.255 e. The van der Waals surface area contributed by atoms with Crippen molar-refractivity contribution in [1.82, 2.24) is 14.2 Å². The summed E-state index contributed by atoms with van der Waals surface area (Å²) in [6.45, 7) is 5.39. The van der Waals surface area contributed by atoms with Gasteiger partial charge >= 0.3 is 0 Å². The number of nitrogens with zero attached hydrogens (tertiary/aromatic N) is 2. The van der Waals surface area contributed by atoms with Gasteiger partial charge in [0.2, 0.25) is 10.0 Å². The molecule has 19 heavy (non-hydrogen) atoms. The lowest BCUT2D eigenvalue weighted by Gasteiger charge is -2.33. The number of H-pyrrole nitrogens is 1. The Morgan fingerprint density at radius 1 is 1.21 bits per heavy atom. The molecule has 0 spiro atoms. The van der Waals surface area contributed by atoms with Gasteiger partial charge in [0.15, 0.2) is 0 Å². The quantitative estimate of drug-likeness (QED) is 0.852. The predicted octanol–water partition coefficient (Wildman–Crippen LogP) is 0.349. The molecule has 106 valence electrons. The Morgan fingerprint density at radius 2 is 1.79 bits per heavy atom. The number of piperazine rings is 1. The van der Waals surface area contributed by atoms with Crippen LogP contribution in [0.1, 0.15) is 21.7 Å². The predicted molar refractivity (Wildman–Crippen MR) is 72.6 cm³/mol. The van der Waals surface area contributed by atoms with Crippen LogP contribution in [0.15, 0.2) is 6.07 Å². The van der Waals surface area contributed by atoms with Gasteiger partial charge in [-0.1, -0.05) is 0 Å². The lowest BCUT2D eigenvalue weighted by atomic mass is 10.2. The van der Waals surface area contributed by atoms with E-state index in [1.165, 1.54) is 10.6 Å². The summed E-state index contributed by atoms with van der Waals surface area (Å²) >= 11 is 0. The number of sulfonamides is 1.